The average Bonchev–Trinajstić information content (AvgIpc) is 3.48. The van der Waals surface area contributed by atoms with Crippen molar-refractivity contribution in [1.82, 2.24) is 19.9 Å². The lowest BCUT2D eigenvalue weighted by Gasteiger charge is -2.15. The summed E-state index contributed by atoms with van der Waals surface area (Å²) in [5, 5.41) is 5.43. The number of aromatic amines is 1. The SMILES string of the molecule is N[C@H](CNc1nc(-c2ccncc2F)nc2c(-c3cc[nH]c3)csc12)Cc1ccccc1. The van der Waals surface area contributed by atoms with Gasteiger partial charge in [0.25, 0.3) is 0 Å². The molecule has 0 aliphatic rings. The van der Waals surface area contributed by atoms with E-state index in [2.05, 4.69) is 32.4 Å². The summed E-state index contributed by atoms with van der Waals surface area (Å²) in [6, 6.07) is 13.6. The fraction of sp³-hybridized carbons (Fsp3) is 0.125. The molecule has 1 aromatic carbocycles. The number of nitrogens with zero attached hydrogens (tertiary/aromatic N) is 3. The van der Waals surface area contributed by atoms with Gasteiger partial charge < -0.3 is 16.0 Å². The number of fused-ring (bicyclic) bond motifs is 1. The van der Waals surface area contributed by atoms with Crippen molar-refractivity contribution >= 4 is 27.4 Å². The van der Waals surface area contributed by atoms with Crippen molar-refractivity contribution < 1.29 is 4.39 Å². The van der Waals surface area contributed by atoms with Crippen LogP contribution in [0.3, 0.4) is 0 Å². The van der Waals surface area contributed by atoms with Crippen LogP contribution in [0.4, 0.5) is 10.2 Å². The molecule has 5 aromatic rings. The van der Waals surface area contributed by atoms with E-state index in [0.29, 0.717) is 23.8 Å². The number of hydrogen-bond donors (Lipinski definition) is 3. The van der Waals surface area contributed by atoms with E-state index in [1.165, 1.54) is 18.0 Å². The van der Waals surface area contributed by atoms with Crippen LogP contribution in [-0.4, -0.2) is 32.5 Å². The zero-order valence-corrected chi connectivity index (χ0v) is 17.9. The summed E-state index contributed by atoms with van der Waals surface area (Å²) in [5.41, 5.74) is 10.6. The van der Waals surface area contributed by atoms with Crippen LogP contribution in [0, 0.1) is 5.82 Å². The molecule has 5 rings (SSSR count). The minimum Gasteiger partial charge on any atom is -0.367 e. The molecule has 160 valence electrons. The van der Waals surface area contributed by atoms with Gasteiger partial charge in [-0.05, 0) is 24.1 Å². The smallest absolute Gasteiger partial charge is 0.165 e. The quantitative estimate of drug-likeness (QED) is 0.333. The van der Waals surface area contributed by atoms with Crippen LogP contribution in [0.25, 0.3) is 32.7 Å². The van der Waals surface area contributed by atoms with Crippen LogP contribution in [0.2, 0.25) is 0 Å². The van der Waals surface area contributed by atoms with E-state index in [0.717, 1.165) is 27.8 Å². The number of aromatic nitrogens is 4. The first kappa shape index (κ1) is 20.3. The number of halogens is 1. The van der Waals surface area contributed by atoms with Gasteiger partial charge in [-0.1, -0.05) is 30.3 Å². The summed E-state index contributed by atoms with van der Waals surface area (Å²) >= 11 is 1.55. The first-order valence-corrected chi connectivity index (χ1v) is 11.1. The Labute approximate surface area is 188 Å². The minimum absolute atomic E-state index is 0.104. The molecule has 0 fully saturated rings. The van der Waals surface area contributed by atoms with E-state index in [9.17, 15) is 4.39 Å². The maximum Gasteiger partial charge on any atom is 0.165 e. The van der Waals surface area contributed by atoms with Crippen LogP contribution in [0.1, 0.15) is 5.56 Å². The summed E-state index contributed by atoms with van der Waals surface area (Å²) in [6.07, 6.45) is 7.24. The molecule has 0 bridgehead atoms. The van der Waals surface area contributed by atoms with Gasteiger partial charge in [-0.3, -0.25) is 4.98 Å². The molecular formula is C24H21FN6S. The van der Waals surface area contributed by atoms with Gasteiger partial charge in [0, 0.05) is 47.7 Å². The Bertz CT molecular complexity index is 1330. The van der Waals surface area contributed by atoms with Crippen molar-refractivity contribution in [3.63, 3.8) is 0 Å². The van der Waals surface area contributed by atoms with Crippen molar-refractivity contribution in [3.05, 3.63) is 84.0 Å². The van der Waals surface area contributed by atoms with E-state index < -0.39 is 5.82 Å². The largest absolute Gasteiger partial charge is 0.367 e. The van der Waals surface area contributed by atoms with Gasteiger partial charge in [0.15, 0.2) is 11.6 Å². The Hall–Kier alpha value is -3.62. The molecule has 4 heterocycles. The van der Waals surface area contributed by atoms with Crippen molar-refractivity contribution in [2.45, 2.75) is 12.5 Å². The Kier molecular flexibility index (Phi) is 5.62. The van der Waals surface area contributed by atoms with Crippen LogP contribution < -0.4 is 11.1 Å². The first-order chi connectivity index (χ1) is 15.7. The molecule has 4 aromatic heterocycles. The molecule has 0 radical (unpaired) electrons. The molecule has 0 saturated carbocycles. The molecule has 0 spiro atoms. The number of benzene rings is 1. The molecule has 4 N–H and O–H groups in total. The number of thiophene rings is 1. The number of H-pyrrole nitrogens is 1. The molecule has 32 heavy (non-hydrogen) atoms. The van der Waals surface area contributed by atoms with Crippen LogP contribution >= 0.6 is 11.3 Å². The topological polar surface area (TPSA) is 92.5 Å². The molecule has 0 amide bonds. The summed E-state index contributed by atoms with van der Waals surface area (Å²) < 4.78 is 15.4. The predicted molar refractivity (Wildman–Crippen MR) is 127 cm³/mol. The Morgan fingerprint density at radius 3 is 2.75 bits per heavy atom. The van der Waals surface area contributed by atoms with Gasteiger partial charge in [-0.2, -0.15) is 0 Å². The van der Waals surface area contributed by atoms with E-state index in [4.69, 9.17) is 10.7 Å². The summed E-state index contributed by atoms with van der Waals surface area (Å²) in [6.45, 7) is 0.524. The number of rotatable bonds is 7. The van der Waals surface area contributed by atoms with Crippen molar-refractivity contribution in [2.24, 2.45) is 5.73 Å². The summed E-state index contributed by atoms with van der Waals surface area (Å²) in [7, 11) is 0. The fourth-order valence-electron chi connectivity index (χ4n) is 3.63. The minimum atomic E-state index is -0.461. The summed E-state index contributed by atoms with van der Waals surface area (Å²) in [4.78, 5) is 16.3. The summed E-state index contributed by atoms with van der Waals surface area (Å²) in [5.74, 6) is 0.500. The number of hydrogen-bond acceptors (Lipinski definition) is 6. The van der Waals surface area contributed by atoms with Gasteiger partial charge in [-0.25, -0.2) is 14.4 Å². The third kappa shape index (κ3) is 4.10. The molecule has 0 unspecified atom stereocenters. The van der Waals surface area contributed by atoms with E-state index in [-0.39, 0.29) is 6.04 Å². The highest BCUT2D eigenvalue weighted by atomic mass is 32.1. The van der Waals surface area contributed by atoms with Gasteiger partial charge in [-0.15, -0.1) is 11.3 Å². The number of nitrogens with two attached hydrogens (primary N) is 1. The van der Waals surface area contributed by atoms with Crippen LogP contribution in [-0.2, 0) is 6.42 Å². The molecular weight excluding hydrogens is 423 g/mol. The maximum atomic E-state index is 14.5. The van der Waals surface area contributed by atoms with Crippen molar-refractivity contribution in [1.29, 1.82) is 0 Å². The van der Waals surface area contributed by atoms with Crippen molar-refractivity contribution in [3.8, 4) is 22.5 Å². The zero-order chi connectivity index (χ0) is 21.9. The third-order valence-electron chi connectivity index (χ3n) is 5.21. The van der Waals surface area contributed by atoms with E-state index >= 15 is 0 Å². The van der Waals surface area contributed by atoms with Crippen LogP contribution in [0.15, 0.2) is 72.6 Å². The molecule has 6 nitrogen and oxygen atoms in total. The molecule has 0 aliphatic heterocycles. The van der Waals surface area contributed by atoms with Crippen molar-refractivity contribution in [2.75, 3.05) is 11.9 Å². The van der Waals surface area contributed by atoms with Gasteiger partial charge in [0.05, 0.1) is 22.0 Å². The lowest BCUT2D eigenvalue weighted by molar-refractivity contribution is 0.623. The monoisotopic (exact) mass is 444 g/mol. The Balaban J connectivity index is 1.51. The second-order valence-electron chi connectivity index (χ2n) is 7.51. The molecule has 0 aliphatic carbocycles. The fourth-order valence-corrected chi connectivity index (χ4v) is 4.61. The van der Waals surface area contributed by atoms with Gasteiger partial charge in [0.1, 0.15) is 5.82 Å². The normalized spacial score (nSPS) is 12.2. The second-order valence-corrected chi connectivity index (χ2v) is 8.39. The number of anilines is 1. The zero-order valence-electron chi connectivity index (χ0n) is 17.1. The lowest BCUT2D eigenvalue weighted by atomic mass is 10.1. The third-order valence-corrected chi connectivity index (χ3v) is 6.19. The second kappa shape index (κ2) is 8.86. The lowest BCUT2D eigenvalue weighted by Crippen LogP contribution is -2.31. The van der Waals surface area contributed by atoms with Gasteiger partial charge >= 0.3 is 0 Å². The average molecular weight is 445 g/mol. The van der Waals surface area contributed by atoms with Gasteiger partial charge in [0.2, 0.25) is 0 Å². The molecule has 0 saturated heterocycles. The highest BCUT2D eigenvalue weighted by Gasteiger charge is 2.18. The molecule has 1 atom stereocenters. The van der Waals surface area contributed by atoms with E-state index in [1.54, 1.807) is 17.4 Å². The number of pyridine rings is 1. The first-order valence-electron chi connectivity index (χ1n) is 10.2. The molecule has 8 heteroatoms. The predicted octanol–water partition coefficient (Wildman–Crippen LogP) is 4.87. The maximum absolute atomic E-state index is 14.5. The standard InChI is InChI=1S/C24H21FN6S/c25-20-13-28-9-7-18(20)23-30-21-19(16-6-8-27-11-16)14-32-22(21)24(31-23)29-12-17(26)10-15-4-2-1-3-5-15/h1-9,11,13-14,17,27H,10,12,26H2,(H,29,30,31)/t17-/m0/s1. The highest BCUT2D eigenvalue weighted by Crippen LogP contribution is 2.37. The van der Waals surface area contributed by atoms with Crippen LogP contribution in [0.5, 0.6) is 0 Å². The Morgan fingerprint density at radius 2 is 1.97 bits per heavy atom. The number of nitrogens with one attached hydrogen (secondary N) is 2. The van der Waals surface area contributed by atoms with E-state index in [1.807, 2.05) is 42.0 Å². The highest BCUT2D eigenvalue weighted by molar-refractivity contribution is 7.18. The Morgan fingerprint density at radius 1 is 1.09 bits per heavy atom.